The molecule has 3 aromatic rings. The van der Waals surface area contributed by atoms with Gasteiger partial charge in [-0.1, -0.05) is 71.8 Å². The number of hydrogen-bond acceptors (Lipinski definition) is 5. The zero-order valence-corrected chi connectivity index (χ0v) is 18.2. The van der Waals surface area contributed by atoms with Crippen molar-refractivity contribution in [2.75, 3.05) is 24.7 Å². The molecule has 8 nitrogen and oxygen atoms in total. The van der Waals surface area contributed by atoms with Crippen LogP contribution >= 0.6 is 0 Å². The van der Waals surface area contributed by atoms with Gasteiger partial charge in [0.05, 0.1) is 18.9 Å². The molecule has 0 aromatic heterocycles. The van der Waals surface area contributed by atoms with Gasteiger partial charge in [0.1, 0.15) is 0 Å². The third kappa shape index (κ3) is 11.1. The molecule has 8 heteroatoms. The number of benzene rings is 3. The summed E-state index contributed by atoms with van der Waals surface area (Å²) in [4.78, 5) is 28.9. The molecule has 0 saturated carbocycles. The van der Waals surface area contributed by atoms with Crippen LogP contribution in [0.4, 0.5) is 17.1 Å². The topological polar surface area (TPSA) is 111 Å². The van der Waals surface area contributed by atoms with Crippen LogP contribution in [0, 0.1) is 0 Å². The fourth-order valence-electron chi connectivity index (χ4n) is 2.63. The van der Waals surface area contributed by atoms with Crippen molar-refractivity contribution in [2.24, 2.45) is 10.1 Å². The quantitative estimate of drug-likeness (QED) is 0.121. The number of isocyanates is 1. The van der Waals surface area contributed by atoms with Crippen molar-refractivity contribution in [3.63, 3.8) is 0 Å². The van der Waals surface area contributed by atoms with Crippen LogP contribution in [-0.2, 0) is 14.3 Å². The molecule has 0 aliphatic carbocycles. The Hall–Kier alpha value is -4.22. The molecule has 3 aromatic carbocycles. The minimum Gasteiger partial charge on any atom is -0.377 e. The first kappa shape index (κ1) is 25.0. The molecule has 168 valence electrons. The fourth-order valence-corrected chi connectivity index (χ4v) is 2.63. The van der Waals surface area contributed by atoms with Gasteiger partial charge in [0.15, 0.2) is 0 Å². The number of ether oxygens (including phenoxy) is 1. The van der Waals surface area contributed by atoms with Crippen LogP contribution in [0.1, 0.15) is 12.8 Å². The van der Waals surface area contributed by atoms with E-state index in [1.54, 1.807) is 24.3 Å². The summed E-state index contributed by atoms with van der Waals surface area (Å²) >= 11 is 0. The molecule has 0 bridgehead atoms. The van der Waals surface area contributed by atoms with Crippen LogP contribution < -0.4 is 4.90 Å². The Morgan fingerprint density at radius 2 is 1.36 bits per heavy atom. The molecule has 2 saturated heterocycles. The van der Waals surface area contributed by atoms with E-state index in [4.69, 9.17) is 5.53 Å². The highest BCUT2D eigenvalue weighted by Crippen LogP contribution is 2.20. The van der Waals surface area contributed by atoms with Crippen LogP contribution in [0.2, 0.25) is 0 Å². The van der Waals surface area contributed by atoms with Crippen molar-refractivity contribution in [2.45, 2.75) is 12.8 Å². The largest absolute Gasteiger partial charge is 0.377 e. The van der Waals surface area contributed by atoms with E-state index in [1.807, 2.05) is 71.6 Å². The van der Waals surface area contributed by atoms with Gasteiger partial charge in [-0.3, -0.25) is 4.79 Å². The Balaban J connectivity index is 0.000000166. The third-order valence-corrected chi connectivity index (χ3v) is 4.19. The SMILES string of the molecule is C1CO1.O=C1CCCN1c1ccccc1.O=C=Nc1ccccc1.[N-]=[N+]=Nc1ccccc1. The summed E-state index contributed by atoms with van der Waals surface area (Å²) in [6, 6.07) is 27.8. The maximum atomic E-state index is 11.3. The Morgan fingerprint density at radius 3 is 1.79 bits per heavy atom. The second-order valence-corrected chi connectivity index (χ2v) is 6.66. The molecule has 2 aliphatic rings. The smallest absolute Gasteiger partial charge is 0.240 e. The number of azide groups is 1. The van der Waals surface area contributed by atoms with E-state index in [2.05, 4.69) is 19.8 Å². The lowest BCUT2D eigenvalue weighted by atomic mass is 10.3. The fraction of sp³-hybridized carbons (Fsp3) is 0.200. The average Bonchev–Trinajstić information content (AvgIpc) is 3.69. The van der Waals surface area contributed by atoms with Crippen molar-refractivity contribution in [3.8, 4) is 0 Å². The average molecular weight is 444 g/mol. The van der Waals surface area contributed by atoms with Gasteiger partial charge in [-0.05, 0) is 36.2 Å². The second kappa shape index (κ2) is 15.6. The van der Waals surface area contributed by atoms with Gasteiger partial charge < -0.3 is 9.64 Å². The summed E-state index contributed by atoms with van der Waals surface area (Å²) in [6.07, 6.45) is 3.16. The standard InChI is InChI=1S/C10H11NO.C7H5NO.C6H5N3.C2H4O/c12-10-7-4-8-11(10)9-5-2-1-3-6-9;9-6-8-7-4-2-1-3-5-7;7-9-8-6-4-2-1-3-5-6;1-2-3-1/h1-3,5-6H,4,7-8H2;2*1-5H;1-2H2. The van der Waals surface area contributed by atoms with Crippen molar-refractivity contribution in [1.29, 1.82) is 0 Å². The summed E-state index contributed by atoms with van der Waals surface area (Å²) in [5.41, 5.74) is 10.3. The van der Waals surface area contributed by atoms with E-state index in [9.17, 15) is 9.59 Å². The summed E-state index contributed by atoms with van der Waals surface area (Å²) in [5.74, 6) is 0.251. The van der Waals surface area contributed by atoms with Gasteiger partial charge in [-0.2, -0.15) is 4.99 Å². The van der Waals surface area contributed by atoms with E-state index in [1.165, 1.54) is 6.08 Å². The predicted octanol–water partition coefficient (Wildman–Crippen LogP) is 6.11. The summed E-state index contributed by atoms with van der Waals surface area (Å²) in [7, 11) is 0. The highest BCUT2D eigenvalue weighted by Gasteiger charge is 2.20. The van der Waals surface area contributed by atoms with Crippen molar-refractivity contribution in [3.05, 3.63) is 101 Å². The predicted molar refractivity (Wildman–Crippen MR) is 128 cm³/mol. The number of hydrogen-bond donors (Lipinski definition) is 0. The molecule has 2 aliphatic heterocycles. The van der Waals surface area contributed by atoms with Gasteiger partial charge in [-0.25, -0.2) is 4.79 Å². The number of anilines is 1. The Kier molecular flexibility index (Phi) is 11.8. The van der Waals surface area contributed by atoms with Crippen LogP contribution in [0.5, 0.6) is 0 Å². The van der Waals surface area contributed by atoms with E-state index in [0.29, 0.717) is 17.8 Å². The number of nitrogens with zero attached hydrogens (tertiary/aromatic N) is 5. The first-order valence-corrected chi connectivity index (χ1v) is 10.4. The van der Waals surface area contributed by atoms with Crippen LogP contribution in [0.25, 0.3) is 10.4 Å². The second-order valence-electron chi connectivity index (χ2n) is 6.66. The van der Waals surface area contributed by atoms with Crippen molar-refractivity contribution < 1.29 is 14.3 Å². The van der Waals surface area contributed by atoms with Gasteiger partial charge in [0.25, 0.3) is 0 Å². The maximum Gasteiger partial charge on any atom is 0.240 e. The lowest BCUT2D eigenvalue weighted by Gasteiger charge is -2.14. The van der Waals surface area contributed by atoms with E-state index in [0.717, 1.165) is 31.9 Å². The highest BCUT2D eigenvalue weighted by molar-refractivity contribution is 5.95. The van der Waals surface area contributed by atoms with E-state index in [-0.39, 0.29) is 5.91 Å². The molecule has 2 fully saturated rings. The zero-order valence-electron chi connectivity index (χ0n) is 18.2. The lowest BCUT2D eigenvalue weighted by Crippen LogP contribution is -2.23. The van der Waals surface area contributed by atoms with Crippen LogP contribution in [0.15, 0.2) is 101 Å². The van der Waals surface area contributed by atoms with Gasteiger partial charge >= 0.3 is 0 Å². The van der Waals surface area contributed by atoms with Crippen LogP contribution in [0.3, 0.4) is 0 Å². The monoisotopic (exact) mass is 443 g/mol. The Bertz CT molecular complexity index is 991. The molecule has 2 heterocycles. The molecule has 0 radical (unpaired) electrons. The normalized spacial score (nSPS) is 12.7. The van der Waals surface area contributed by atoms with Gasteiger partial charge in [0.2, 0.25) is 12.0 Å². The number of carbonyl (C=O) groups excluding carboxylic acids is 2. The number of para-hydroxylation sites is 2. The first-order chi connectivity index (χ1) is 16.2. The van der Waals surface area contributed by atoms with Gasteiger partial charge in [0, 0.05) is 29.3 Å². The number of rotatable bonds is 3. The minimum absolute atomic E-state index is 0.251. The van der Waals surface area contributed by atoms with E-state index >= 15 is 0 Å². The summed E-state index contributed by atoms with van der Waals surface area (Å²) in [5, 5.41) is 3.39. The van der Waals surface area contributed by atoms with Crippen LogP contribution in [-0.4, -0.2) is 31.7 Å². The highest BCUT2D eigenvalue weighted by atomic mass is 16.6. The molecule has 33 heavy (non-hydrogen) atoms. The summed E-state index contributed by atoms with van der Waals surface area (Å²) in [6.45, 7) is 2.88. The Labute approximate surface area is 192 Å². The molecular formula is C25H25N5O3. The molecule has 0 spiro atoms. The van der Waals surface area contributed by atoms with Crippen molar-refractivity contribution in [1.82, 2.24) is 0 Å². The molecule has 0 N–H and O–H groups in total. The minimum atomic E-state index is 0.251. The number of epoxide rings is 1. The number of amides is 1. The number of aliphatic imine (C=N–C) groups is 1. The molecule has 0 atom stereocenters. The van der Waals surface area contributed by atoms with Crippen molar-refractivity contribution >= 4 is 29.0 Å². The Morgan fingerprint density at radius 1 is 0.848 bits per heavy atom. The molecular weight excluding hydrogens is 418 g/mol. The van der Waals surface area contributed by atoms with Gasteiger partial charge in [-0.15, -0.1) is 0 Å². The first-order valence-electron chi connectivity index (χ1n) is 10.4. The molecule has 1 amide bonds. The molecule has 5 rings (SSSR count). The zero-order chi connectivity index (χ0) is 23.6. The maximum absolute atomic E-state index is 11.3. The summed E-state index contributed by atoms with van der Waals surface area (Å²) < 4.78 is 4.50. The number of carbonyl (C=O) groups is 1. The third-order valence-electron chi connectivity index (χ3n) is 4.19. The lowest BCUT2D eigenvalue weighted by molar-refractivity contribution is -0.117. The van der Waals surface area contributed by atoms with E-state index < -0.39 is 0 Å². The molecule has 0 unspecified atom stereocenters.